The minimum Gasteiger partial charge on any atom is -0.292 e. The minimum absolute atomic E-state index is 0.0876. The van der Waals surface area contributed by atoms with Crippen LogP contribution in [0.1, 0.15) is 66.2 Å². The van der Waals surface area contributed by atoms with Crippen molar-refractivity contribution in [2.75, 3.05) is 5.75 Å². The van der Waals surface area contributed by atoms with Gasteiger partial charge >= 0.3 is 0 Å². The highest BCUT2D eigenvalue weighted by Gasteiger charge is 2.28. The molecule has 0 aliphatic heterocycles. The smallest absolute Gasteiger partial charge is 0.183 e. The summed E-state index contributed by atoms with van der Waals surface area (Å²) in [7, 11) is 0. The largest absolute Gasteiger partial charge is 0.292 e. The Bertz CT molecular complexity index is 616. The lowest BCUT2D eigenvalue weighted by molar-refractivity contribution is 0.0903. The van der Waals surface area contributed by atoms with Crippen molar-refractivity contribution >= 4 is 23.3 Å². The second kappa shape index (κ2) is 11.7. The Morgan fingerprint density at radius 2 is 1.19 bits per heavy atom. The van der Waals surface area contributed by atoms with E-state index in [2.05, 4.69) is 6.92 Å². The van der Waals surface area contributed by atoms with Gasteiger partial charge in [0.1, 0.15) is 5.25 Å². The second-order valence-electron chi connectivity index (χ2n) is 6.48. The maximum absolute atomic E-state index is 12.9. The van der Waals surface area contributed by atoms with Crippen LogP contribution in [-0.4, -0.2) is 22.6 Å². The summed E-state index contributed by atoms with van der Waals surface area (Å²) in [6.45, 7) is 2.21. The van der Waals surface area contributed by atoms with E-state index in [1.165, 1.54) is 43.9 Å². The third kappa shape index (κ3) is 6.45. The number of thioether (sulfide) groups is 1. The van der Waals surface area contributed by atoms with Crippen molar-refractivity contribution in [3.63, 3.8) is 0 Å². The number of unbranched alkanes of at least 4 members (excludes halogenated alkanes) is 5. The molecule has 0 saturated heterocycles. The molecule has 0 saturated carbocycles. The van der Waals surface area contributed by atoms with Crippen LogP contribution < -0.4 is 0 Å². The van der Waals surface area contributed by atoms with Gasteiger partial charge in [-0.15, -0.1) is 11.8 Å². The van der Waals surface area contributed by atoms with Crippen LogP contribution in [-0.2, 0) is 0 Å². The number of benzene rings is 2. The predicted octanol–water partition coefficient (Wildman–Crippen LogP) is 6.21. The molecule has 0 aliphatic rings. The van der Waals surface area contributed by atoms with Gasteiger partial charge in [0.25, 0.3) is 0 Å². The van der Waals surface area contributed by atoms with Gasteiger partial charge in [-0.1, -0.05) is 99.7 Å². The van der Waals surface area contributed by atoms with Crippen LogP contribution in [0.15, 0.2) is 60.7 Å². The first-order valence-corrected chi connectivity index (χ1v) is 10.6. The summed E-state index contributed by atoms with van der Waals surface area (Å²) < 4.78 is 0. The van der Waals surface area contributed by atoms with E-state index in [0.717, 1.165) is 12.2 Å². The van der Waals surface area contributed by atoms with Crippen LogP contribution in [0.25, 0.3) is 0 Å². The third-order valence-electron chi connectivity index (χ3n) is 4.38. The normalized spacial score (nSPS) is 10.8. The van der Waals surface area contributed by atoms with Gasteiger partial charge in [0.2, 0.25) is 0 Å². The standard InChI is InChI=1S/C23H28O2S/c1-2-3-4-5-6-13-18-26-23(21(24)19-14-9-7-10-15-19)22(25)20-16-11-8-12-17-20/h7-12,14-17,23H,2-6,13,18H2,1H3. The van der Waals surface area contributed by atoms with E-state index in [0.29, 0.717) is 11.1 Å². The SMILES string of the molecule is CCCCCCCCSC(C(=O)c1ccccc1)C(=O)c1ccccc1. The molecule has 26 heavy (non-hydrogen) atoms. The Balaban J connectivity index is 2.00. The molecule has 0 fully saturated rings. The number of carbonyl (C=O) groups is 2. The molecule has 2 nitrogen and oxygen atoms in total. The van der Waals surface area contributed by atoms with Gasteiger partial charge in [-0.3, -0.25) is 9.59 Å². The molecule has 0 unspecified atom stereocenters. The van der Waals surface area contributed by atoms with E-state index in [4.69, 9.17) is 0 Å². The molecule has 0 amide bonds. The molecule has 0 N–H and O–H groups in total. The molecular weight excluding hydrogens is 340 g/mol. The molecule has 0 aromatic heterocycles. The van der Waals surface area contributed by atoms with Gasteiger partial charge < -0.3 is 0 Å². The number of carbonyl (C=O) groups excluding carboxylic acids is 2. The fourth-order valence-electron chi connectivity index (χ4n) is 2.86. The van der Waals surface area contributed by atoms with Crippen LogP contribution >= 0.6 is 11.8 Å². The molecule has 0 bridgehead atoms. The van der Waals surface area contributed by atoms with Crippen LogP contribution in [0.2, 0.25) is 0 Å². The van der Waals surface area contributed by atoms with E-state index in [-0.39, 0.29) is 11.6 Å². The quantitative estimate of drug-likeness (QED) is 0.253. The van der Waals surface area contributed by atoms with E-state index in [9.17, 15) is 9.59 Å². The Kier molecular flexibility index (Phi) is 9.19. The summed E-state index contributed by atoms with van der Waals surface area (Å²) in [5.41, 5.74) is 1.22. The highest BCUT2D eigenvalue weighted by atomic mass is 32.2. The fraction of sp³-hybridized carbons (Fsp3) is 0.391. The van der Waals surface area contributed by atoms with Gasteiger partial charge in [-0.25, -0.2) is 0 Å². The predicted molar refractivity (Wildman–Crippen MR) is 111 cm³/mol. The molecular formula is C23H28O2S. The first-order valence-electron chi connectivity index (χ1n) is 9.54. The van der Waals surface area contributed by atoms with E-state index < -0.39 is 5.25 Å². The summed E-state index contributed by atoms with van der Waals surface area (Å²) >= 11 is 1.49. The van der Waals surface area contributed by atoms with Crippen LogP contribution in [0.5, 0.6) is 0 Å². The molecule has 2 aromatic rings. The number of hydrogen-bond donors (Lipinski definition) is 0. The van der Waals surface area contributed by atoms with Crippen molar-refractivity contribution in [2.45, 2.75) is 50.7 Å². The molecule has 0 heterocycles. The van der Waals surface area contributed by atoms with Crippen molar-refractivity contribution in [3.05, 3.63) is 71.8 Å². The van der Waals surface area contributed by atoms with E-state index in [1.54, 1.807) is 24.3 Å². The van der Waals surface area contributed by atoms with E-state index in [1.807, 2.05) is 36.4 Å². The van der Waals surface area contributed by atoms with Crippen LogP contribution in [0, 0.1) is 0 Å². The van der Waals surface area contributed by atoms with Crippen molar-refractivity contribution in [3.8, 4) is 0 Å². The first-order chi connectivity index (χ1) is 12.7. The van der Waals surface area contributed by atoms with Gasteiger partial charge in [0.05, 0.1) is 0 Å². The average Bonchev–Trinajstić information content (AvgIpc) is 2.70. The van der Waals surface area contributed by atoms with E-state index >= 15 is 0 Å². The second-order valence-corrected chi connectivity index (χ2v) is 7.69. The zero-order valence-electron chi connectivity index (χ0n) is 15.5. The lowest BCUT2D eigenvalue weighted by atomic mass is 10.0. The summed E-state index contributed by atoms with van der Waals surface area (Å²) in [6, 6.07) is 18.3. The lowest BCUT2D eigenvalue weighted by Gasteiger charge is -2.15. The molecule has 2 aromatic carbocycles. The van der Waals surface area contributed by atoms with Crippen LogP contribution in [0.3, 0.4) is 0 Å². The topological polar surface area (TPSA) is 34.1 Å². The zero-order chi connectivity index (χ0) is 18.6. The molecule has 138 valence electrons. The first kappa shape index (κ1) is 20.4. The maximum atomic E-state index is 12.9. The molecule has 0 radical (unpaired) electrons. The molecule has 0 atom stereocenters. The Morgan fingerprint density at radius 1 is 0.731 bits per heavy atom. The number of Topliss-reactive ketones (excluding diaryl/α,β-unsaturated/α-hetero) is 2. The van der Waals surface area contributed by atoms with Gasteiger partial charge in [-0.2, -0.15) is 0 Å². The molecule has 2 rings (SSSR count). The van der Waals surface area contributed by atoms with Gasteiger partial charge in [0, 0.05) is 11.1 Å². The van der Waals surface area contributed by atoms with Gasteiger partial charge in [0.15, 0.2) is 11.6 Å². The van der Waals surface area contributed by atoms with Gasteiger partial charge in [-0.05, 0) is 12.2 Å². The third-order valence-corrected chi connectivity index (χ3v) is 5.66. The highest BCUT2D eigenvalue weighted by molar-refractivity contribution is 8.01. The van der Waals surface area contributed by atoms with Crippen LogP contribution in [0.4, 0.5) is 0 Å². The number of hydrogen-bond acceptors (Lipinski definition) is 3. The Labute approximate surface area is 161 Å². The number of rotatable bonds is 12. The highest BCUT2D eigenvalue weighted by Crippen LogP contribution is 2.23. The van der Waals surface area contributed by atoms with Crippen molar-refractivity contribution in [2.24, 2.45) is 0 Å². The summed E-state index contributed by atoms with van der Waals surface area (Å²) in [5, 5.41) is -0.657. The fourth-order valence-corrected chi connectivity index (χ4v) is 4.04. The molecule has 3 heteroatoms. The Morgan fingerprint density at radius 3 is 1.69 bits per heavy atom. The lowest BCUT2D eigenvalue weighted by Crippen LogP contribution is -2.28. The molecule has 0 aliphatic carbocycles. The zero-order valence-corrected chi connectivity index (χ0v) is 16.3. The number of ketones is 2. The van der Waals surface area contributed by atoms with Crippen molar-refractivity contribution < 1.29 is 9.59 Å². The monoisotopic (exact) mass is 368 g/mol. The maximum Gasteiger partial charge on any atom is 0.183 e. The average molecular weight is 369 g/mol. The van der Waals surface area contributed by atoms with Crippen molar-refractivity contribution in [1.29, 1.82) is 0 Å². The summed E-state index contributed by atoms with van der Waals surface area (Å²) in [6.07, 6.45) is 7.26. The van der Waals surface area contributed by atoms with Crippen molar-refractivity contribution in [1.82, 2.24) is 0 Å². The summed E-state index contributed by atoms with van der Waals surface area (Å²) in [5.74, 6) is 0.666. The Hall–Kier alpha value is -1.87. The minimum atomic E-state index is -0.657. The summed E-state index contributed by atoms with van der Waals surface area (Å²) in [4.78, 5) is 25.8. The molecule has 0 spiro atoms.